The number of furan rings is 1. The van der Waals surface area contributed by atoms with E-state index in [1.54, 1.807) is 13.3 Å². The first-order valence-electron chi connectivity index (χ1n) is 9.76. The standard InChI is InChI=1S/C21H28N6O2.HI/c1-16(14-28-15-17-7-4-3-5-8-17)13-24-21(22-2)23-11-10-19-25-20(27-26-19)18-9-6-12-29-18;/h3-9,12,16H,10-11,13-15H2,1-2H3,(H2,22,23,24)(H,25,26,27);1H. The molecule has 0 radical (unpaired) electrons. The van der Waals surface area contributed by atoms with Gasteiger partial charge < -0.3 is 19.8 Å². The molecule has 30 heavy (non-hydrogen) atoms. The van der Waals surface area contributed by atoms with Crippen LogP contribution in [0.15, 0.2) is 58.1 Å². The van der Waals surface area contributed by atoms with E-state index in [0.717, 1.165) is 18.3 Å². The van der Waals surface area contributed by atoms with Crippen molar-refractivity contribution in [2.24, 2.45) is 10.9 Å². The highest BCUT2D eigenvalue weighted by atomic mass is 127. The Labute approximate surface area is 193 Å². The fourth-order valence-corrected chi connectivity index (χ4v) is 2.73. The van der Waals surface area contributed by atoms with E-state index in [1.165, 1.54) is 5.56 Å². The summed E-state index contributed by atoms with van der Waals surface area (Å²) in [4.78, 5) is 8.69. The van der Waals surface area contributed by atoms with Crippen LogP contribution in [0.3, 0.4) is 0 Å². The van der Waals surface area contributed by atoms with Crippen molar-refractivity contribution in [2.45, 2.75) is 20.0 Å². The van der Waals surface area contributed by atoms with Crippen LogP contribution < -0.4 is 10.6 Å². The first-order valence-corrected chi connectivity index (χ1v) is 9.76. The number of rotatable bonds is 10. The molecule has 0 fully saturated rings. The average Bonchev–Trinajstić information content (AvgIpc) is 3.43. The summed E-state index contributed by atoms with van der Waals surface area (Å²) in [6.45, 7) is 4.93. The second kappa shape index (κ2) is 13.0. The van der Waals surface area contributed by atoms with Crippen molar-refractivity contribution < 1.29 is 9.15 Å². The lowest BCUT2D eigenvalue weighted by molar-refractivity contribution is 0.0931. The third kappa shape index (κ3) is 7.79. The number of nitrogens with zero attached hydrogens (tertiary/aromatic N) is 3. The Morgan fingerprint density at radius 2 is 2.03 bits per heavy atom. The van der Waals surface area contributed by atoms with Gasteiger partial charge in [0.2, 0.25) is 5.82 Å². The van der Waals surface area contributed by atoms with Gasteiger partial charge in [0.25, 0.3) is 0 Å². The Hall–Kier alpha value is -2.40. The number of H-pyrrole nitrogens is 1. The molecule has 162 valence electrons. The zero-order chi connectivity index (χ0) is 20.3. The van der Waals surface area contributed by atoms with Gasteiger partial charge in [-0.25, -0.2) is 4.98 Å². The summed E-state index contributed by atoms with van der Waals surface area (Å²) in [7, 11) is 1.76. The third-order valence-corrected chi connectivity index (χ3v) is 4.28. The molecule has 3 N–H and O–H groups in total. The maximum absolute atomic E-state index is 5.79. The van der Waals surface area contributed by atoms with Gasteiger partial charge in [0, 0.05) is 26.6 Å². The zero-order valence-corrected chi connectivity index (χ0v) is 19.6. The smallest absolute Gasteiger partial charge is 0.216 e. The van der Waals surface area contributed by atoms with Crippen LogP contribution in [0.4, 0.5) is 0 Å². The van der Waals surface area contributed by atoms with Crippen LogP contribution in [-0.4, -0.2) is 47.9 Å². The Morgan fingerprint density at radius 3 is 2.77 bits per heavy atom. The first-order chi connectivity index (χ1) is 14.2. The fourth-order valence-electron chi connectivity index (χ4n) is 2.73. The van der Waals surface area contributed by atoms with Crippen molar-refractivity contribution in [3.63, 3.8) is 0 Å². The molecule has 0 aliphatic heterocycles. The number of hydrogen-bond donors (Lipinski definition) is 3. The Kier molecular flexibility index (Phi) is 10.4. The minimum absolute atomic E-state index is 0. The van der Waals surface area contributed by atoms with Crippen molar-refractivity contribution in [2.75, 3.05) is 26.7 Å². The molecular formula is C21H29IN6O2. The monoisotopic (exact) mass is 524 g/mol. The number of nitrogens with one attached hydrogen (secondary N) is 3. The van der Waals surface area contributed by atoms with Gasteiger partial charge in [-0.15, -0.1) is 24.0 Å². The van der Waals surface area contributed by atoms with Crippen molar-refractivity contribution >= 4 is 29.9 Å². The van der Waals surface area contributed by atoms with E-state index in [4.69, 9.17) is 9.15 Å². The molecule has 2 aromatic heterocycles. The van der Waals surface area contributed by atoms with Crippen LogP contribution in [-0.2, 0) is 17.8 Å². The van der Waals surface area contributed by atoms with E-state index in [0.29, 0.717) is 43.7 Å². The quantitative estimate of drug-likeness (QED) is 0.214. The Morgan fingerprint density at radius 1 is 1.20 bits per heavy atom. The predicted octanol–water partition coefficient (Wildman–Crippen LogP) is 3.24. The molecule has 0 spiro atoms. The molecule has 3 rings (SSSR count). The maximum Gasteiger partial charge on any atom is 0.216 e. The lowest BCUT2D eigenvalue weighted by Gasteiger charge is -2.16. The number of hydrogen-bond acceptors (Lipinski definition) is 5. The third-order valence-electron chi connectivity index (χ3n) is 4.28. The molecule has 1 aromatic carbocycles. The molecule has 0 saturated heterocycles. The van der Waals surface area contributed by atoms with Crippen LogP contribution in [0.1, 0.15) is 18.3 Å². The minimum atomic E-state index is 0. The van der Waals surface area contributed by atoms with Crippen LogP contribution in [0, 0.1) is 5.92 Å². The molecule has 2 heterocycles. The number of aromatic amines is 1. The largest absolute Gasteiger partial charge is 0.461 e. The topological polar surface area (TPSA) is 100 Å². The summed E-state index contributed by atoms with van der Waals surface area (Å²) in [6, 6.07) is 13.8. The Bertz CT molecular complexity index is 867. The molecule has 3 aromatic rings. The molecule has 0 saturated carbocycles. The number of ether oxygens (including phenoxy) is 1. The van der Waals surface area contributed by atoms with Gasteiger partial charge in [0.1, 0.15) is 5.82 Å². The van der Waals surface area contributed by atoms with Crippen LogP contribution in [0.25, 0.3) is 11.6 Å². The molecule has 0 bridgehead atoms. The summed E-state index contributed by atoms with van der Waals surface area (Å²) >= 11 is 0. The highest BCUT2D eigenvalue weighted by Gasteiger charge is 2.09. The van der Waals surface area contributed by atoms with E-state index < -0.39 is 0 Å². The molecule has 0 amide bonds. The van der Waals surface area contributed by atoms with Crippen molar-refractivity contribution in [1.29, 1.82) is 0 Å². The van der Waals surface area contributed by atoms with E-state index in [2.05, 4.69) is 49.9 Å². The summed E-state index contributed by atoms with van der Waals surface area (Å²) in [5.74, 6) is 3.13. The molecule has 0 aliphatic rings. The molecule has 9 heteroatoms. The van der Waals surface area contributed by atoms with Crippen LogP contribution >= 0.6 is 24.0 Å². The summed E-state index contributed by atoms with van der Waals surface area (Å²) in [5, 5.41) is 13.7. The summed E-state index contributed by atoms with van der Waals surface area (Å²) < 4.78 is 11.1. The fraction of sp³-hybridized carbons (Fsp3) is 0.381. The van der Waals surface area contributed by atoms with Crippen molar-refractivity contribution in [1.82, 2.24) is 25.8 Å². The van der Waals surface area contributed by atoms with E-state index >= 15 is 0 Å². The second-order valence-corrected chi connectivity index (χ2v) is 6.82. The maximum atomic E-state index is 5.79. The predicted molar refractivity (Wildman–Crippen MR) is 128 cm³/mol. The SMILES string of the molecule is CN=C(NCCc1nc(-c2ccco2)n[nH]1)NCC(C)COCc1ccccc1.I. The van der Waals surface area contributed by atoms with Gasteiger partial charge >= 0.3 is 0 Å². The normalized spacial score (nSPS) is 12.3. The lowest BCUT2D eigenvalue weighted by atomic mass is 10.2. The molecule has 0 aliphatic carbocycles. The van der Waals surface area contributed by atoms with E-state index in [-0.39, 0.29) is 24.0 Å². The van der Waals surface area contributed by atoms with Gasteiger partial charge in [-0.1, -0.05) is 37.3 Å². The minimum Gasteiger partial charge on any atom is -0.461 e. The number of guanidine groups is 1. The van der Waals surface area contributed by atoms with Crippen molar-refractivity contribution in [3.05, 3.63) is 60.1 Å². The second-order valence-electron chi connectivity index (χ2n) is 6.82. The highest BCUT2D eigenvalue weighted by Crippen LogP contribution is 2.14. The lowest BCUT2D eigenvalue weighted by Crippen LogP contribution is -2.40. The first kappa shape index (κ1) is 23.9. The van der Waals surface area contributed by atoms with E-state index in [1.807, 2.05) is 30.3 Å². The van der Waals surface area contributed by atoms with Gasteiger partial charge in [-0.2, -0.15) is 5.10 Å². The van der Waals surface area contributed by atoms with Gasteiger partial charge in [-0.05, 0) is 23.6 Å². The van der Waals surface area contributed by atoms with Gasteiger partial charge in [-0.3, -0.25) is 10.1 Å². The molecule has 1 atom stereocenters. The zero-order valence-electron chi connectivity index (χ0n) is 17.3. The molecular weight excluding hydrogens is 495 g/mol. The van der Waals surface area contributed by atoms with Crippen molar-refractivity contribution in [3.8, 4) is 11.6 Å². The number of aliphatic imine (C=N–C) groups is 1. The molecule has 1 unspecified atom stereocenters. The highest BCUT2D eigenvalue weighted by molar-refractivity contribution is 14.0. The number of halogens is 1. The average molecular weight is 524 g/mol. The van der Waals surface area contributed by atoms with Gasteiger partial charge in [0.05, 0.1) is 19.5 Å². The Balaban J connectivity index is 0.00000320. The van der Waals surface area contributed by atoms with E-state index in [9.17, 15) is 0 Å². The number of benzene rings is 1. The number of aromatic nitrogens is 3. The van der Waals surface area contributed by atoms with Crippen LogP contribution in [0.5, 0.6) is 0 Å². The summed E-state index contributed by atoms with van der Waals surface area (Å²) in [6.07, 6.45) is 2.31. The van der Waals surface area contributed by atoms with Gasteiger partial charge in [0.15, 0.2) is 11.7 Å². The molecule has 8 nitrogen and oxygen atoms in total. The summed E-state index contributed by atoms with van der Waals surface area (Å²) in [5.41, 5.74) is 1.19. The van der Waals surface area contributed by atoms with Crippen LogP contribution in [0.2, 0.25) is 0 Å².